The molecule has 1 heterocycles. The SMILES string of the molecule is CCC/C=C1/SCC(=O)N1c1cc(C)ccc1COCC(F)CF. The van der Waals surface area contributed by atoms with Crippen molar-refractivity contribution in [2.45, 2.75) is 39.5 Å². The van der Waals surface area contributed by atoms with E-state index in [9.17, 15) is 13.6 Å². The van der Waals surface area contributed by atoms with E-state index in [0.29, 0.717) is 5.75 Å². The van der Waals surface area contributed by atoms with E-state index in [0.717, 1.165) is 34.7 Å². The molecule has 0 aliphatic carbocycles. The van der Waals surface area contributed by atoms with Crippen LogP contribution in [0.1, 0.15) is 30.9 Å². The van der Waals surface area contributed by atoms with Crippen LogP contribution < -0.4 is 4.90 Å². The zero-order valence-corrected chi connectivity index (χ0v) is 14.9. The number of aryl methyl sites for hydroxylation is 1. The summed E-state index contributed by atoms with van der Waals surface area (Å²) in [5, 5.41) is 0.931. The molecule has 2 rings (SSSR count). The van der Waals surface area contributed by atoms with Crippen molar-refractivity contribution < 1.29 is 18.3 Å². The number of carbonyl (C=O) groups is 1. The van der Waals surface area contributed by atoms with Gasteiger partial charge in [0.1, 0.15) is 6.67 Å². The average Bonchev–Trinajstić information content (AvgIpc) is 2.94. The van der Waals surface area contributed by atoms with Crippen molar-refractivity contribution >= 4 is 23.4 Å². The average molecular weight is 355 g/mol. The Labute approximate surface area is 146 Å². The fourth-order valence-corrected chi connectivity index (χ4v) is 3.37. The molecule has 0 radical (unpaired) electrons. The first-order valence-electron chi connectivity index (χ1n) is 8.10. The van der Waals surface area contributed by atoms with Crippen molar-refractivity contribution in [3.8, 4) is 0 Å². The second-order valence-electron chi connectivity index (χ2n) is 5.75. The van der Waals surface area contributed by atoms with Crippen molar-refractivity contribution in [1.82, 2.24) is 0 Å². The number of thioether (sulfide) groups is 1. The standard InChI is InChI=1S/C18H23F2NO2S/c1-3-4-5-18-21(17(22)12-24-18)16-8-13(2)6-7-14(16)10-23-11-15(20)9-19/h5-8,15H,3-4,9-12H2,1-2H3/b18-5+. The second kappa shape index (κ2) is 9.18. The molecule has 3 nitrogen and oxygen atoms in total. The van der Waals surface area contributed by atoms with Crippen molar-refractivity contribution in [1.29, 1.82) is 0 Å². The molecule has 0 aromatic heterocycles. The van der Waals surface area contributed by atoms with Crippen LogP contribution in [0.25, 0.3) is 0 Å². The molecule has 1 saturated heterocycles. The molecule has 132 valence electrons. The van der Waals surface area contributed by atoms with Gasteiger partial charge in [0.2, 0.25) is 5.91 Å². The molecular formula is C18H23F2NO2S. The molecule has 24 heavy (non-hydrogen) atoms. The van der Waals surface area contributed by atoms with Crippen LogP contribution in [0.4, 0.5) is 14.5 Å². The Bertz CT molecular complexity index is 607. The first-order valence-corrected chi connectivity index (χ1v) is 9.08. The van der Waals surface area contributed by atoms with E-state index in [1.54, 1.807) is 4.90 Å². The van der Waals surface area contributed by atoms with Gasteiger partial charge in [0.25, 0.3) is 0 Å². The number of unbranched alkanes of at least 4 members (excludes halogenated alkanes) is 1. The van der Waals surface area contributed by atoms with Crippen LogP contribution in [0, 0.1) is 6.92 Å². The Morgan fingerprint density at radius 1 is 1.46 bits per heavy atom. The normalized spacial score (nSPS) is 17.8. The monoisotopic (exact) mass is 355 g/mol. The summed E-state index contributed by atoms with van der Waals surface area (Å²) in [6, 6.07) is 5.73. The number of rotatable bonds is 8. The van der Waals surface area contributed by atoms with Crippen LogP contribution in [-0.4, -0.2) is 31.1 Å². The van der Waals surface area contributed by atoms with Crippen molar-refractivity contribution in [3.05, 3.63) is 40.4 Å². The number of allylic oxidation sites excluding steroid dienone is 1. The summed E-state index contributed by atoms with van der Waals surface area (Å²) in [5.74, 6) is 0.444. The highest BCUT2D eigenvalue weighted by molar-refractivity contribution is 8.04. The van der Waals surface area contributed by atoms with Gasteiger partial charge in [0, 0.05) is 5.56 Å². The zero-order valence-electron chi connectivity index (χ0n) is 14.1. The molecule has 0 bridgehead atoms. The van der Waals surface area contributed by atoms with E-state index in [1.807, 2.05) is 25.1 Å². The van der Waals surface area contributed by atoms with Crippen LogP contribution in [-0.2, 0) is 16.1 Å². The van der Waals surface area contributed by atoms with Gasteiger partial charge in [-0.2, -0.15) is 0 Å². The third-order valence-electron chi connectivity index (χ3n) is 3.63. The van der Waals surface area contributed by atoms with Gasteiger partial charge < -0.3 is 4.74 Å². The maximum absolute atomic E-state index is 13.0. The van der Waals surface area contributed by atoms with Gasteiger partial charge in [-0.1, -0.05) is 43.3 Å². The Kier molecular flexibility index (Phi) is 7.24. The predicted octanol–water partition coefficient (Wildman–Crippen LogP) is 4.54. The minimum Gasteiger partial charge on any atom is -0.374 e. The first-order chi connectivity index (χ1) is 11.6. The quantitative estimate of drug-likeness (QED) is 0.686. The van der Waals surface area contributed by atoms with E-state index in [4.69, 9.17) is 4.74 Å². The molecule has 0 N–H and O–H groups in total. The van der Waals surface area contributed by atoms with Gasteiger partial charge in [-0.05, 0) is 25.0 Å². The lowest BCUT2D eigenvalue weighted by Crippen LogP contribution is -2.25. The molecule has 1 aromatic carbocycles. The summed E-state index contributed by atoms with van der Waals surface area (Å²) < 4.78 is 30.5. The number of anilines is 1. The number of hydrogen-bond donors (Lipinski definition) is 0. The van der Waals surface area contributed by atoms with E-state index in [-0.39, 0.29) is 19.1 Å². The second-order valence-corrected chi connectivity index (χ2v) is 6.74. The molecule has 0 saturated carbocycles. The molecule has 6 heteroatoms. The highest BCUT2D eigenvalue weighted by atomic mass is 32.2. The highest BCUT2D eigenvalue weighted by Crippen LogP contribution is 2.37. The van der Waals surface area contributed by atoms with Crippen molar-refractivity contribution in [3.63, 3.8) is 0 Å². The number of halogens is 2. The fourth-order valence-electron chi connectivity index (χ4n) is 2.40. The summed E-state index contributed by atoms with van der Waals surface area (Å²) in [6.07, 6.45) is 2.38. The summed E-state index contributed by atoms with van der Waals surface area (Å²) in [6.45, 7) is 2.85. The third-order valence-corrected chi connectivity index (χ3v) is 4.66. The number of alkyl halides is 2. The summed E-state index contributed by atoms with van der Waals surface area (Å²) >= 11 is 1.53. The Morgan fingerprint density at radius 2 is 2.25 bits per heavy atom. The molecule has 0 spiro atoms. The van der Waals surface area contributed by atoms with Gasteiger partial charge in [-0.15, -0.1) is 0 Å². The Balaban J connectivity index is 2.23. The van der Waals surface area contributed by atoms with Gasteiger partial charge in [0.05, 0.1) is 29.7 Å². The number of hydrogen-bond acceptors (Lipinski definition) is 3. The lowest BCUT2D eigenvalue weighted by molar-refractivity contribution is -0.115. The van der Waals surface area contributed by atoms with E-state index >= 15 is 0 Å². The summed E-state index contributed by atoms with van der Waals surface area (Å²) in [5.41, 5.74) is 2.59. The van der Waals surface area contributed by atoms with Crippen LogP contribution >= 0.6 is 11.8 Å². The third kappa shape index (κ3) is 4.80. The number of amides is 1. The lowest BCUT2D eigenvalue weighted by Gasteiger charge is -2.22. The highest BCUT2D eigenvalue weighted by Gasteiger charge is 2.29. The maximum atomic E-state index is 13.0. The minimum absolute atomic E-state index is 0.0290. The zero-order chi connectivity index (χ0) is 17.5. The van der Waals surface area contributed by atoms with Crippen LogP contribution in [0.5, 0.6) is 0 Å². The van der Waals surface area contributed by atoms with Crippen molar-refractivity contribution in [2.75, 3.05) is 23.9 Å². The molecule has 1 aliphatic rings. The first kappa shape index (κ1) is 18.9. The van der Waals surface area contributed by atoms with Crippen LogP contribution in [0.3, 0.4) is 0 Å². The van der Waals surface area contributed by atoms with Crippen molar-refractivity contribution in [2.24, 2.45) is 0 Å². The van der Waals surface area contributed by atoms with E-state index < -0.39 is 12.8 Å². The summed E-state index contributed by atoms with van der Waals surface area (Å²) in [4.78, 5) is 14.1. The van der Waals surface area contributed by atoms with Gasteiger partial charge in [-0.25, -0.2) is 8.78 Å². The maximum Gasteiger partial charge on any atom is 0.242 e. The number of nitrogens with zero attached hydrogens (tertiary/aromatic N) is 1. The number of carbonyl (C=O) groups excluding carboxylic acids is 1. The van der Waals surface area contributed by atoms with E-state index in [2.05, 4.69) is 13.0 Å². The van der Waals surface area contributed by atoms with Crippen LogP contribution in [0.15, 0.2) is 29.3 Å². The molecule has 1 unspecified atom stereocenters. The van der Waals surface area contributed by atoms with Gasteiger partial charge in [-0.3, -0.25) is 9.69 Å². The molecule has 1 amide bonds. The molecule has 1 fully saturated rings. The Hall–Kier alpha value is -1.40. The van der Waals surface area contributed by atoms with Gasteiger partial charge in [0.15, 0.2) is 6.17 Å². The smallest absolute Gasteiger partial charge is 0.242 e. The fraction of sp³-hybridized carbons (Fsp3) is 0.500. The molecular weight excluding hydrogens is 332 g/mol. The van der Waals surface area contributed by atoms with Crippen LogP contribution in [0.2, 0.25) is 0 Å². The topological polar surface area (TPSA) is 29.5 Å². The van der Waals surface area contributed by atoms with Gasteiger partial charge >= 0.3 is 0 Å². The largest absolute Gasteiger partial charge is 0.374 e. The Morgan fingerprint density at radius 3 is 2.96 bits per heavy atom. The lowest BCUT2D eigenvalue weighted by atomic mass is 10.1. The molecule has 1 aliphatic heterocycles. The van der Waals surface area contributed by atoms with E-state index in [1.165, 1.54) is 11.8 Å². The summed E-state index contributed by atoms with van der Waals surface area (Å²) in [7, 11) is 0. The molecule has 1 aromatic rings. The predicted molar refractivity (Wildman–Crippen MR) is 94.6 cm³/mol. The number of ether oxygens (including phenoxy) is 1. The number of benzene rings is 1. The molecule has 1 atom stereocenters. The minimum atomic E-state index is -1.61.